The van der Waals surface area contributed by atoms with Crippen LogP contribution in [0.2, 0.25) is 0 Å². The molecule has 1 saturated heterocycles. The topological polar surface area (TPSA) is 124 Å². The molecule has 0 spiro atoms. The lowest BCUT2D eigenvalue weighted by Crippen LogP contribution is -2.49. The van der Waals surface area contributed by atoms with Gasteiger partial charge in [0.15, 0.2) is 11.5 Å². The van der Waals surface area contributed by atoms with E-state index in [1.165, 1.54) is 0 Å². The Hall–Kier alpha value is -3.17. The van der Waals surface area contributed by atoms with Gasteiger partial charge in [0.25, 0.3) is 5.91 Å². The van der Waals surface area contributed by atoms with E-state index in [9.17, 15) is 29.9 Å². The van der Waals surface area contributed by atoms with Gasteiger partial charge in [-0.3, -0.25) is 24.6 Å². The summed E-state index contributed by atoms with van der Waals surface area (Å²) in [6, 6.07) is 11.0. The summed E-state index contributed by atoms with van der Waals surface area (Å²) < 4.78 is 0. The summed E-state index contributed by atoms with van der Waals surface area (Å²) in [5.74, 6) is -1.94. The molecule has 0 unspecified atom stereocenters. The summed E-state index contributed by atoms with van der Waals surface area (Å²) in [4.78, 5) is 38.7. The Morgan fingerprint density at radius 1 is 1.00 bits per heavy atom. The van der Waals surface area contributed by atoms with Gasteiger partial charge in [0.2, 0.25) is 5.75 Å². The number of nitro groups is 1. The van der Waals surface area contributed by atoms with Crippen molar-refractivity contribution in [3.05, 3.63) is 63.7 Å². The highest BCUT2D eigenvalue weighted by Crippen LogP contribution is 2.36. The molecule has 1 fully saturated rings. The van der Waals surface area contributed by atoms with E-state index in [0.717, 1.165) is 12.1 Å². The summed E-state index contributed by atoms with van der Waals surface area (Å²) >= 11 is 0. The van der Waals surface area contributed by atoms with E-state index >= 15 is 0 Å². The summed E-state index contributed by atoms with van der Waals surface area (Å²) in [5, 5.41) is 30.1. The predicted molar refractivity (Wildman–Crippen MR) is 111 cm³/mol. The third-order valence-corrected chi connectivity index (χ3v) is 4.92. The van der Waals surface area contributed by atoms with Crippen LogP contribution in [0.1, 0.15) is 27.1 Å². The molecule has 0 aliphatic carbocycles. The zero-order valence-electron chi connectivity index (χ0n) is 16.1. The zero-order chi connectivity index (χ0) is 21.0. The lowest BCUT2D eigenvalue weighted by molar-refractivity contribution is -0.386. The van der Waals surface area contributed by atoms with Crippen molar-refractivity contribution >= 4 is 29.8 Å². The number of phenolic OH excluding ortho intramolecular Hbond substituents is 2. The van der Waals surface area contributed by atoms with E-state index in [0.29, 0.717) is 38.3 Å². The Morgan fingerprint density at radius 3 is 2.23 bits per heavy atom. The maximum atomic E-state index is 12.5. The van der Waals surface area contributed by atoms with Crippen molar-refractivity contribution in [2.24, 2.45) is 0 Å². The molecule has 3 rings (SSSR count). The second-order valence-electron chi connectivity index (χ2n) is 6.79. The number of nitro benzene ring substituents is 1. The number of nitrogens with zero attached hydrogens (tertiary/aromatic N) is 3. The lowest BCUT2D eigenvalue weighted by atomic mass is 10.1. The Labute approximate surface area is 179 Å². The Morgan fingerprint density at radius 2 is 1.63 bits per heavy atom. The fourth-order valence-corrected chi connectivity index (χ4v) is 3.25. The number of rotatable bonds is 6. The van der Waals surface area contributed by atoms with Gasteiger partial charge in [0.1, 0.15) is 0 Å². The van der Waals surface area contributed by atoms with Gasteiger partial charge >= 0.3 is 5.69 Å². The molecule has 0 bridgehead atoms. The highest BCUT2D eigenvalue weighted by molar-refractivity contribution is 5.97. The van der Waals surface area contributed by atoms with Crippen LogP contribution in [-0.4, -0.2) is 69.4 Å². The van der Waals surface area contributed by atoms with Crippen LogP contribution in [0, 0.1) is 10.1 Å². The van der Waals surface area contributed by atoms with Gasteiger partial charge in [-0.2, -0.15) is 0 Å². The largest absolute Gasteiger partial charge is 0.504 e. The molecule has 10 heteroatoms. The molecule has 2 N–H and O–H groups in total. The van der Waals surface area contributed by atoms with E-state index in [1.54, 1.807) is 17.0 Å². The highest BCUT2D eigenvalue weighted by Gasteiger charge is 2.24. The van der Waals surface area contributed by atoms with Crippen molar-refractivity contribution in [2.75, 3.05) is 32.7 Å². The summed E-state index contributed by atoms with van der Waals surface area (Å²) in [6.45, 7) is 2.77. The number of Topliss-reactive ketones (excluding diaryl/α,β-unsaturated/α-hetero) is 1. The fourth-order valence-electron chi connectivity index (χ4n) is 3.25. The van der Waals surface area contributed by atoms with Gasteiger partial charge in [-0.05, 0) is 18.2 Å². The standard InChI is InChI=1S/C20H21N3O6.ClH/c24-17(15-12-16(23(28)29)19(26)18(25)13-15)6-7-21-8-10-22(11-9-21)20(27)14-4-2-1-3-5-14;/h1-5,12-13,25-26H,6-11H2;1H. The Bertz CT molecular complexity index is 930. The molecule has 160 valence electrons. The summed E-state index contributed by atoms with van der Waals surface area (Å²) in [7, 11) is 0. The van der Waals surface area contributed by atoms with Crippen molar-refractivity contribution in [2.45, 2.75) is 6.42 Å². The predicted octanol–water partition coefficient (Wildman–Crippen LogP) is 2.46. The van der Waals surface area contributed by atoms with Gasteiger partial charge in [0.05, 0.1) is 4.92 Å². The van der Waals surface area contributed by atoms with Gasteiger partial charge < -0.3 is 15.1 Å². The van der Waals surface area contributed by atoms with Crippen molar-refractivity contribution in [3.63, 3.8) is 0 Å². The number of ketones is 1. The lowest BCUT2D eigenvalue weighted by Gasteiger charge is -2.34. The zero-order valence-corrected chi connectivity index (χ0v) is 16.9. The number of amides is 1. The van der Waals surface area contributed by atoms with E-state index in [1.807, 2.05) is 23.1 Å². The van der Waals surface area contributed by atoms with Gasteiger partial charge in [-0.25, -0.2) is 0 Å². The molecular formula is C20H22ClN3O6. The van der Waals surface area contributed by atoms with Crippen LogP contribution < -0.4 is 0 Å². The number of carbonyl (C=O) groups excluding carboxylic acids is 2. The minimum absolute atomic E-state index is 0. The third-order valence-electron chi connectivity index (χ3n) is 4.92. The van der Waals surface area contributed by atoms with Crippen LogP contribution >= 0.6 is 12.4 Å². The van der Waals surface area contributed by atoms with Crippen LogP contribution in [-0.2, 0) is 0 Å². The van der Waals surface area contributed by atoms with E-state index in [-0.39, 0.29) is 36.1 Å². The third kappa shape index (κ3) is 5.25. The minimum Gasteiger partial charge on any atom is -0.504 e. The molecule has 30 heavy (non-hydrogen) atoms. The average molecular weight is 436 g/mol. The smallest absolute Gasteiger partial charge is 0.315 e. The molecule has 1 aliphatic rings. The number of hydrogen-bond donors (Lipinski definition) is 2. The van der Waals surface area contributed by atoms with Crippen LogP contribution in [0.15, 0.2) is 42.5 Å². The summed E-state index contributed by atoms with van der Waals surface area (Å²) in [5.41, 5.74) is -0.0869. The first kappa shape index (κ1) is 23.1. The number of hydrogen-bond acceptors (Lipinski definition) is 7. The monoisotopic (exact) mass is 435 g/mol. The second kappa shape index (κ2) is 10.0. The van der Waals surface area contributed by atoms with Crippen molar-refractivity contribution in [1.82, 2.24) is 9.80 Å². The van der Waals surface area contributed by atoms with Crippen molar-refractivity contribution < 1.29 is 24.7 Å². The molecule has 1 heterocycles. The number of aromatic hydroxyl groups is 2. The fraction of sp³-hybridized carbons (Fsp3) is 0.300. The molecule has 9 nitrogen and oxygen atoms in total. The molecule has 1 amide bonds. The van der Waals surface area contributed by atoms with E-state index in [4.69, 9.17) is 0 Å². The van der Waals surface area contributed by atoms with Crippen LogP contribution in [0.3, 0.4) is 0 Å². The molecule has 2 aromatic rings. The number of carbonyl (C=O) groups is 2. The first-order valence-corrected chi connectivity index (χ1v) is 9.17. The van der Waals surface area contributed by atoms with Crippen LogP contribution in [0.5, 0.6) is 11.5 Å². The van der Waals surface area contributed by atoms with E-state index in [2.05, 4.69) is 0 Å². The van der Waals surface area contributed by atoms with Crippen molar-refractivity contribution in [1.29, 1.82) is 0 Å². The molecule has 0 radical (unpaired) electrons. The Kier molecular flexibility index (Phi) is 7.73. The van der Waals surface area contributed by atoms with Crippen molar-refractivity contribution in [3.8, 4) is 11.5 Å². The summed E-state index contributed by atoms with van der Waals surface area (Å²) in [6.07, 6.45) is 0.105. The first-order chi connectivity index (χ1) is 13.9. The van der Waals surface area contributed by atoms with Crippen LogP contribution in [0.4, 0.5) is 5.69 Å². The molecule has 0 atom stereocenters. The molecule has 2 aromatic carbocycles. The SMILES string of the molecule is Cl.O=C(CCN1CCN(C(=O)c2ccccc2)CC1)c1cc(O)c(O)c([N+](=O)[O-])c1. The number of piperazine rings is 1. The average Bonchev–Trinajstić information content (AvgIpc) is 2.74. The maximum absolute atomic E-state index is 12.5. The highest BCUT2D eigenvalue weighted by atomic mass is 35.5. The maximum Gasteiger partial charge on any atom is 0.315 e. The number of benzene rings is 2. The first-order valence-electron chi connectivity index (χ1n) is 9.17. The van der Waals surface area contributed by atoms with Gasteiger partial charge in [-0.15, -0.1) is 12.4 Å². The normalized spacial score (nSPS) is 14.1. The number of halogens is 1. The minimum atomic E-state index is -0.856. The molecule has 1 aliphatic heterocycles. The van der Waals surface area contributed by atoms with Gasteiger partial charge in [-0.1, -0.05) is 18.2 Å². The second-order valence-corrected chi connectivity index (χ2v) is 6.79. The molecule has 0 saturated carbocycles. The van der Waals surface area contributed by atoms with Crippen LogP contribution in [0.25, 0.3) is 0 Å². The molecule has 0 aromatic heterocycles. The van der Waals surface area contributed by atoms with E-state index < -0.39 is 22.1 Å². The number of phenols is 2. The Balaban J connectivity index is 0.00000320. The van der Waals surface area contributed by atoms with Gasteiger partial charge in [0, 0.05) is 56.3 Å². The quantitative estimate of drug-likeness (QED) is 0.309. The molecular weight excluding hydrogens is 414 g/mol.